The van der Waals surface area contributed by atoms with Gasteiger partial charge in [0.1, 0.15) is 0 Å². The van der Waals surface area contributed by atoms with Gasteiger partial charge >= 0.3 is 182 Å². The van der Waals surface area contributed by atoms with Crippen LogP contribution in [-0.4, -0.2) is 29.6 Å². The van der Waals surface area contributed by atoms with E-state index in [1.165, 1.54) is 61.0 Å². The van der Waals surface area contributed by atoms with E-state index in [2.05, 4.69) is 56.1 Å². The van der Waals surface area contributed by atoms with Crippen molar-refractivity contribution in [2.45, 2.75) is 72.6 Å². The molecule has 2 nitrogen and oxygen atoms in total. The SMILES string of the molecule is CCC[CH2][Sn]([CH2]CCC)([CH2]CCC)/[C](=C/c1ccccn1)c1ccccc1C=O. The molecule has 0 unspecified atom stereocenters. The van der Waals surface area contributed by atoms with E-state index in [9.17, 15) is 4.79 Å². The molecule has 0 bridgehead atoms. The summed E-state index contributed by atoms with van der Waals surface area (Å²) in [7, 11) is 0. The van der Waals surface area contributed by atoms with Gasteiger partial charge in [-0.15, -0.1) is 0 Å². The molecule has 0 radical (unpaired) electrons. The van der Waals surface area contributed by atoms with Gasteiger partial charge in [0.25, 0.3) is 0 Å². The summed E-state index contributed by atoms with van der Waals surface area (Å²) in [5.74, 6) is 0. The molecule has 0 aliphatic carbocycles. The molecular formula is C26H37NOSn. The standard InChI is InChI=1S/C14H10NO.3C4H9.Sn/c16-11-13-6-2-1-5-12(13)8-9-14-7-3-4-10-15-14;3*1-3-4-2;/h1-7,9-11H;3*1,3-4H2,2H3;. The molecule has 0 saturated heterocycles. The Bertz CT molecular complexity index is 748. The van der Waals surface area contributed by atoms with Gasteiger partial charge in [-0.25, -0.2) is 0 Å². The van der Waals surface area contributed by atoms with Gasteiger partial charge < -0.3 is 0 Å². The molecule has 0 atom stereocenters. The van der Waals surface area contributed by atoms with E-state index in [4.69, 9.17) is 0 Å². The molecule has 1 aromatic carbocycles. The average Bonchev–Trinajstić information content (AvgIpc) is 2.78. The maximum atomic E-state index is 11.9. The zero-order valence-electron chi connectivity index (χ0n) is 18.5. The molecule has 156 valence electrons. The van der Waals surface area contributed by atoms with Gasteiger partial charge in [-0.3, -0.25) is 0 Å². The minimum absolute atomic E-state index is 0.834. The number of unbranched alkanes of at least 4 members (excludes halogenated alkanes) is 3. The second kappa shape index (κ2) is 13.0. The van der Waals surface area contributed by atoms with Crippen molar-refractivity contribution in [2.75, 3.05) is 0 Å². The first kappa shape index (κ1) is 23.9. The van der Waals surface area contributed by atoms with Crippen LogP contribution < -0.4 is 0 Å². The van der Waals surface area contributed by atoms with Crippen molar-refractivity contribution in [3.63, 3.8) is 0 Å². The Morgan fingerprint density at radius 3 is 1.97 bits per heavy atom. The average molecular weight is 498 g/mol. The third kappa shape index (κ3) is 6.80. The normalized spacial score (nSPS) is 12.2. The number of aromatic nitrogens is 1. The molecule has 0 amide bonds. The fourth-order valence-electron chi connectivity index (χ4n) is 4.30. The Labute approximate surface area is 181 Å². The topological polar surface area (TPSA) is 30.0 Å². The molecule has 0 aliphatic heterocycles. The number of benzene rings is 1. The van der Waals surface area contributed by atoms with E-state index < -0.39 is 18.4 Å². The molecule has 2 aromatic rings. The number of carbonyl (C=O) groups is 1. The summed E-state index contributed by atoms with van der Waals surface area (Å²) < 4.78 is 5.63. The number of hydrogen-bond acceptors (Lipinski definition) is 2. The quantitative estimate of drug-likeness (QED) is 0.208. The van der Waals surface area contributed by atoms with E-state index in [1.54, 1.807) is 0 Å². The van der Waals surface area contributed by atoms with E-state index >= 15 is 0 Å². The zero-order chi connectivity index (χ0) is 21.0. The zero-order valence-corrected chi connectivity index (χ0v) is 21.3. The maximum absolute atomic E-state index is 11.9. The van der Waals surface area contributed by atoms with Crippen LogP contribution in [0.5, 0.6) is 0 Å². The van der Waals surface area contributed by atoms with Crippen LogP contribution in [0.4, 0.5) is 0 Å². The Balaban J connectivity index is 2.70. The first-order chi connectivity index (χ1) is 14.2. The predicted molar refractivity (Wildman–Crippen MR) is 129 cm³/mol. The number of carbonyl (C=O) groups excluding carboxylic acids is 1. The van der Waals surface area contributed by atoms with Crippen LogP contribution >= 0.6 is 0 Å². The molecule has 3 heteroatoms. The predicted octanol–water partition coefficient (Wildman–Crippen LogP) is 7.82. The fourth-order valence-corrected chi connectivity index (χ4v) is 21.1. The van der Waals surface area contributed by atoms with Crippen molar-refractivity contribution in [1.29, 1.82) is 0 Å². The Hall–Kier alpha value is -1.42. The first-order valence-electron chi connectivity index (χ1n) is 11.4. The van der Waals surface area contributed by atoms with Crippen molar-refractivity contribution in [1.82, 2.24) is 4.98 Å². The van der Waals surface area contributed by atoms with Gasteiger partial charge in [0.05, 0.1) is 0 Å². The van der Waals surface area contributed by atoms with Crippen molar-refractivity contribution in [3.8, 4) is 0 Å². The van der Waals surface area contributed by atoms with Crippen LogP contribution in [0.2, 0.25) is 13.3 Å². The molecule has 0 spiro atoms. The molecule has 2 rings (SSSR count). The molecule has 1 aromatic heterocycles. The van der Waals surface area contributed by atoms with Crippen molar-refractivity contribution >= 4 is 34.3 Å². The van der Waals surface area contributed by atoms with Crippen LogP contribution in [0.15, 0.2) is 48.7 Å². The summed E-state index contributed by atoms with van der Waals surface area (Å²) in [6.45, 7) is 6.91. The second-order valence-electron chi connectivity index (χ2n) is 8.11. The van der Waals surface area contributed by atoms with Crippen molar-refractivity contribution in [2.24, 2.45) is 0 Å². The van der Waals surface area contributed by atoms with Gasteiger partial charge in [0.2, 0.25) is 0 Å². The summed E-state index contributed by atoms with van der Waals surface area (Å²) in [5.41, 5.74) is 3.03. The molecule has 0 N–H and O–H groups in total. The van der Waals surface area contributed by atoms with E-state index in [0.29, 0.717) is 0 Å². The molecule has 0 aliphatic rings. The Morgan fingerprint density at radius 1 is 0.862 bits per heavy atom. The molecule has 0 fully saturated rings. The molecule has 29 heavy (non-hydrogen) atoms. The number of rotatable bonds is 13. The first-order valence-corrected chi connectivity index (χ1v) is 18.9. The van der Waals surface area contributed by atoms with Crippen LogP contribution in [0.1, 0.15) is 80.9 Å². The van der Waals surface area contributed by atoms with Gasteiger partial charge in [-0.2, -0.15) is 0 Å². The number of aldehydes is 1. The molecular weight excluding hydrogens is 461 g/mol. The van der Waals surface area contributed by atoms with Gasteiger partial charge in [-0.1, -0.05) is 0 Å². The minimum atomic E-state index is -2.76. The van der Waals surface area contributed by atoms with Crippen molar-refractivity contribution < 1.29 is 4.79 Å². The number of hydrogen-bond donors (Lipinski definition) is 0. The molecule has 1 heterocycles. The molecule has 0 saturated carbocycles. The third-order valence-corrected chi connectivity index (χ3v) is 21.6. The van der Waals surface area contributed by atoms with E-state index in [1.807, 2.05) is 24.4 Å². The van der Waals surface area contributed by atoms with Gasteiger partial charge in [-0.05, 0) is 0 Å². The van der Waals surface area contributed by atoms with E-state index in [-0.39, 0.29) is 0 Å². The number of nitrogens with zero attached hydrogens (tertiary/aromatic N) is 1. The van der Waals surface area contributed by atoms with Crippen LogP contribution in [0, 0.1) is 0 Å². The van der Waals surface area contributed by atoms with Gasteiger partial charge in [0, 0.05) is 0 Å². The van der Waals surface area contributed by atoms with Crippen LogP contribution in [0.25, 0.3) is 9.67 Å². The third-order valence-electron chi connectivity index (χ3n) is 5.96. The monoisotopic (exact) mass is 499 g/mol. The summed E-state index contributed by atoms with van der Waals surface area (Å²) >= 11 is -2.76. The van der Waals surface area contributed by atoms with Gasteiger partial charge in [0.15, 0.2) is 0 Å². The van der Waals surface area contributed by atoms with Crippen molar-refractivity contribution in [3.05, 3.63) is 65.5 Å². The summed E-state index contributed by atoms with van der Waals surface area (Å²) in [6.07, 6.45) is 12.9. The summed E-state index contributed by atoms with van der Waals surface area (Å²) in [5, 5.41) is 0. The second-order valence-corrected chi connectivity index (χ2v) is 21.2. The van der Waals surface area contributed by atoms with E-state index in [0.717, 1.165) is 17.5 Å². The summed E-state index contributed by atoms with van der Waals surface area (Å²) in [6, 6.07) is 14.3. The van der Waals surface area contributed by atoms with Crippen LogP contribution in [0.3, 0.4) is 0 Å². The Kier molecular flexibility index (Phi) is 10.7. The summed E-state index contributed by atoms with van der Waals surface area (Å²) in [4.78, 5) is 16.6. The Morgan fingerprint density at radius 2 is 1.45 bits per heavy atom. The fraction of sp³-hybridized carbons (Fsp3) is 0.462. The van der Waals surface area contributed by atoms with Crippen LogP contribution in [-0.2, 0) is 0 Å². The number of pyridine rings is 1.